The van der Waals surface area contributed by atoms with Crippen molar-refractivity contribution in [2.24, 2.45) is 5.73 Å². The third kappa shape index (κ3) is 4.75. The fourth-order valence-electron chi connectivity index (χ4n) is 3.31. The summed E-state index contributed by atoms with van der Waals surface area (Å²) >= 11 is 0. The Morgan fingerprint density at radius 1 is 0.900 bits per heavy atom. The number of nitrogens with one attached hydrogen (secondary N) is 1. The van der Waals surface area contributed by atoms with Crippen LogP contribution in [0.4, 0.5) is 0 Å². The highest BCUT2D eigenvalue weighted by Crippen LogP contribution is 2.29. The number of benzene rings is 3. The largest absolute Gasteiger partial charge is 0.497 e. The van der Waals surface area contributed by atoms with E-state index in [0.717, 1.165) is 22.4 Å². The molecule has 3 aromatic carbocycles. The molecule has 5 nitrogen and oxygen atoms in total. The summed E-state index contributed by atoms with van der Waals surface area (Å²) in [6.45, 7) is 1.74. The van der Waals surface area contributed by atoms with Crippen molar-refractivity contribution in [1.29, 1.82) is 0 Å². The molecule has 0 saturated heterocycles. The van der Waals surface area contributed by atoms with Crippen LogP contribution in [-0.4, -0.2) is 24.3 Å². The summed E-state index contributed by atoms with van der Waals surface area (Å²) in [6, 6.07) is 26.1. The molecule has 3 aromatic rings. The van der Waals surface area contributed by atoms with Crippen molar-refractivity contribution in [2.75, 3.05) is 7.11 Å². The van der Waals surface area contributed by atoms with Gasteiger partial charge in [-0.1, -0.05) is 72.8 Å². The summed E-state index contributed by atoms with van der Waals surface area (Å²) in [5, 5.41) is 2.79. The Labute approximate surface area is 176 Å². The van der Waals surface area contributed by atoms with Crippen LogP contribution in [0.1, 0.15) is 29.5 Å². The minimum Gasteiger partial charge on any atom is -0.497 e. The Bertz CT molecular complexity index is 944. The van der Waals surface area contributed by atoms with Gasteiger partial charge in [0.2, 0.25) is 5.91 Å². The molecule has 3 N–H and O–H groups in total. The standard InChI is InChI=1S/C25H26N2O3/c1-25(26,24(29)27-17-18-13-15-21(30-2)16-14-18)23(28)22(19-9-5-3-6-10-19)20-11-7-4-8-12-20/h3-16,22H,17,26H2,1-2H3,(H,27,29). The molecule has 0 aliphatic heterocycles. The van der Waals surface area contributed by atoms with Crippen LogP contribution >= 0.6 is 0 Å². The van der Waals surface area contributed by atoms with Gasteiger partial charge >= 0.3 is 0 Å². The molecule has 30 heavy (non-hydrogen) atoms. The molecule has 0 bridgehead atoms. The molecule has 1 atom stereocenters. The zero-order valence-electron chi connectivity index (χ0n) is 17.2. The second kappa shape index (κ2) is 9.37. The molecular formula is C25H26N2O3. The van der Waals surface area contributed by atoms with E-state index in [9.17, 15) is 9.59 Å². The first kappa shape index (κ1) is 21.3. The summed E-state index contributed by atoms with van der Waals surface area (Å²) in [5.41, 5.74) is 7.10. The normalized spacial score (nSPS) is 12.8. The zero-order valence-corrected chi connectivity index (χ0v) is 17.2. The molecule has 1 amide bonds. The van der Waals surface area contributed by atoms with Crippen LogP contribution in [0.15, 0.2) is 84.9 Å². The molecule has 0 aromatic heterocycles. The highest BCUT2D eigenvalue weighted by molar-refractivity contribution is 6.13. The van der Waals surface area contributed by atoms with Crippen LogP contribution in [0.2, 0.25) is 0 Å². The number of amides is 1. The minimum atomic E-state index is -1.69. The van der Waals surface area contributed by atoms with E-state index in [2.05, 4.69) is 5.32 Å². The van der Waals surface area contributed by atoms with Gasteiger partial charge in [-0.2, -0.15) is 0 Å². The monoisotopic (exact) mass is 402 g/mol. The van der Waals surface area contributed by atoms with E-state index in [4.69, 9.17) is 10.5 Å². The van der Waals surface area contributed by atoms with E-state index >= 15 is 0 Å². The van der Waals surface area contributed by atoms with Crippen LogP contribution in [0.3, 0.4) is 0 Å². The van der Waals surface area contributed by atoms with Gasteiger partial charge in [0.1, 0.15) is 5.75 Å². The third-order valence-electron chi connectivity index (χ3n) is 5.12. The van der Waals surface area contributed by atoms with Crippen LogP contribution in [0.5, 0.6) is 5.75 Å². The highest BCUT2D eigenvalue weighted by Gasteiger charge is 2.41. The van der Waals surface area contributed by atoms with Gasteiger partial charge in [-0.3, -0.25) is 9.59 Å². The smallest absolute Gasteiger partial charge is 0.247 e. The number of Topliss-reactive ketones (excluding diaryl/α,β-unsaturated/α-hetero) is 1. The SMILES string of the molecule is COc1ccc(CNC(=O)C(C)(N)C(=O)C(c2ccccc2)c2ccccc2)cc1. The van der Waals surface area contributed by atoms with Crippen LogP contribution < -0.4 is 15.8 Å². The summed E-state index contributed by atoms with van der Waals surface area (Å²) in [6.07, 6.45) is 0. The number of carbonyl (C=O) groups excluding carboxylic acids is 2. The fraction of sp³-hybridized carbons (Fsp3) is 0.200. The molecule has 0 aliphatic carbocycles. The van der Waals surface area contributed by atoms with E-state index in [1.807, 2.05) is 84.9 Å². The van der Waals surface area contributed by atoms with Crippen molar-refractivity contribution in [2.45, 2.75) is 24.9 Å². The van der Waals surface area contributed by atoms with Crippen molar-refractivity contribution in [1.82, 2.24) is 5.32 Å². The third-order valence-corrected chi connectivity index (χ3v) is 5.12. The maximum Gasteiger partial charge on any atom is 0.247 e. The van der Waals surface area contributed by atoms with E-state index < -0.39 is 17.4 Å². The second-order valence-corrected chi connectivity index (χ2v) is 7.35. The Balaban J connectivity index is 1.80. The molecular weight excluding hydrogens is 376 g/mol. The van der Waals surface area contributed by atoms with Crippen LogP contribution in [-0.2, 0) is 16.1 Å². The van der Waals surface area contributed by atoms with Crippen LogP contribution in [0.25, 0.3) is 0 Å². The summed E-state index contributed by atoms with van der Waals surface area (Å²) in [4.78, 5) is 26.4. The number of nitrogens with two attached hydrogens (primary N) is 1. The molecule has 1 unspecified atom stereocenters. The van der Waals surface area contributed by atoms with Crippen molar-refractivity contribution in [3.8, 4) is 5.75 Å². The van der Waals surface area contributed by atoms with E-state index in [-0.39, 0.29) is 12.3 Å². The predicted octanol–water partition coefficient (Wildman–Crippen LogP) is 3.43. The van der Waals surface area contributed by atoms with Crippen molar-refractivity contribution in [3.63, 3.8) is 0 Å². The Morgan fingerprint density at radius 3 is 1.87 bits per heavy atom. The predicted molar refractivity (Wildman–Crippen MR) is 117 cm³/mol. The molecule has 0 aliphatic rings. The van der Waals surface area contributed by atoms with Crippen molar-refractivity contribution < 1.29 is 14.3 Å². The lowest BCUT2D eigenvalue weighted by Gasteiger charge is -2.28. The topological polar surface area (TPSA) is 81.4 Å². The highest BCUT2D eigenvalue weighted by atomic mass is 16.5. The average molecular weight is 402 g/mol. The minimum absolute atomic E-state index is 0.268. The number of hydrogen-bond donors (Lipinski definition) is 2. The van der Waals surface area contributed by atoms with E-state index in [1.54, 1.807) is 7.11 Å². The van der Waals surface area contributed by atoms with E-state index in [0.29, 0.717) is 0 Å². The lowest BCUT2D eigenvalue weighted by Crippen LogP contribution is -2.58. The first-order valence-electron chi connectivity index (χ1n) is 9.78. The molecule has 0 spiro atoms. The number of rotatable bonds is 8. The molecule has 0 heterocycles. The summed E-state index contributed by atoms with van der Waals surface area (Å²) in [5.74, 6) is -0.765. The van der Waals surface area contributed by atoms with Gasteiger partial charge in [-0.25, -0.2) is 0 Å². The maximum atomic E-state index is 13.5. The van der Waals surface area contributed by atoms with Gasteiger partial charge in [0.15, 0.2) is 11.3 Å². The zero-order chi connectivity index (χ0) is 21.6. The fourth-order valence-corrected chi connectivity index (χ4v) is 3.31. The lowest BCUT2D eigenvalue weighted by molar-refractivity contribution is -0.135. The van der Waals surface area contributed by atoms with Gasteiger partial charge < -0.3 is 15.8 Å². The summed E-state index contributed by atoms with van der Waals surface area (Å²) < 4.78 is 5.14. The van der Waals surface area contributed by atoms with Crippen molar-refractivity contribution >= 4 is 11.7 Å². The first-order chi connectivity index (χ1) is 14.4. The van der Waals surface area contributed by atoms with Gasteiger partial charge in [-0.15, -0.1) is 0 Å². The molecule has 0 radical (unpaired) electrons. The molecule has 0 fully saturated rings. The number of carbonyl (C=O) groups is 2. The number of methoxy groups -OCH3 is 1. The van der Waals surface area contributed by atoms with Gasteiger partial charge in [0.25, 0.3) is 0 Å². The first-order valence-corrected chi connectivity index (χ1v) is 9.78. The molecule has 5 heteroatoms. The number of ether oxygens (including phenoxy) is 1. The molecule has 154 valence electrons. The number of hydrogen-bond acceptors (Lipinski definition) is 4. The van der Waals surface area contributed by atoms with Gasteiger partial charge in [-0.05, 0) is 35.7 Å². The average Bonchev–Trinajstić information content (AvgIpc) is 2.79. The summed E-state index contributed by atoms with van der Waals surface area (Å²) in [7, 11) is 1.60. The van der Waals surface area contributed by atoms with E-state index in [1.165, 1.54) is 6.92 Å². The van der Waals surface area contributed by atoms with Crippen molar-refractivity contribution in [3.05, 3.63) is 102 Å². The molecule has 0 saturated carbocycles. The van der Waals surface area contributed by atoms with Gasteiger partial charge in [0, 0.05) is 6.54 Å². The Morgan fingerprint density at radius 2 is 1.40 bits per heavy atom. The van der Waals surface area contributed by atoms with Crippen LogP contribution in [0, 0.1) is 0 Å². The lowest BCUT2D eigenvalue weighted by atomic mass is 9.79. The Kier molecular flexibility index (Phi) is 6.65. The number of ketones is 1. The molecule has 3 rings (SSSR count). The Hall–Kier alpha value is -3.44. The maximum absolute atomic E-state index is 13.5. The second-order valence-electron chi connectivity index (χ2n) is 7.35. The quantitative estimate of drug-likeness (QED) is 0.566. The van der Waals surface area contributed by atoms with Gasteiger partial charge in [0.05, 0.1) is 13.0 Å².